The summed E-state index contributed by atoms with van der Waals surface area (Å²) in [7, 11) is 0. The van der Waals surface area contributed by atoms with Crippen LogP contribution in [0.25, 0.3) is 0 Å². The van der Waals surface area contributed by atoms with Gasteiger partial charge in [-0.05, 0) is 18.4 Å². The van der Waals surface area contributed by atoms with E-state index in [1.165, 1.54) is 0 Å². The first-order valence-corrected chi connectivity index (χ1v) is 5.92. The van der Waals surface area contributed by atoms with E-state index in [1.807, 2.05) is 6.92 Å². The number of aromatic carboxylic acids is 1. The Balaban J connectivity index is 3.01. The highest BCUT2D eigenvalue weighted by atomic mass is 19.1. The van der Waals surface area contributed by atoms with Crippen molar-refractivity contribution in [3.05, 3.63) is 33.6 Å². The maximum Gasteiger partial charge on any atom is 0.342 e. The number of nitrogens with one attached hydrogen (secondary N) is 1. The third-order valence-corrected chi connectivity index (χ3v) is 2.78. The molecule has 0 amide bonds. The van der Waals surface area contributed by atoms with Gasteiger partial charge in [-0.25, -0.2) is 9.18 Å². The van der Waals surface area contributed by atoms with Gasteiger partial charge in [-0.2, -0.15) is 0 Å². The van der Waals surface area contributed by atoms with E-state index in [1.54, 1.807) is 0 Å². The fourth-order valence-electron chi connectivity index (χ4n) is 1.63. The number of aliphatic hydroxyl groups excluding tert-OH is 1. The second kappa shape index (κ2) is 6.80. The van der Waals surface area contributed by atoms with Crippen LogP contribution in [0.2, 0.25) is 0 Å². The predicted octanol–water partition coefficient (Wildman–Crippen LogP) is 1.86. The average molecular weight is 286 g/mol. The summed E-state index contributed by atoms with van der Waals surface area (Å²) in [6.07, 6.45) is 0.507. The number of hydrogen-bond donors (Lipinski definition) is 3. The molecule has 1 atom stereocenters. The minimum Gasteiger partial charge on any atom is -0.477 e. The van der Waals surface area contributed by atoms with Crippen molar-refractivity contribution in [3.8, 4) is 0 Å². The van der Waals surface area contributed by atoms with E-state index in [-0.39, 0.29) is 18.2 Å². The lowest BCUT2D eigenvalue weighted by Crippen LogP contribution is -2.14. The molecule has 3 N–H and O–H groups in total. The number of benzene rings is 1. The first-order valence-electron chi connectivity index (χ1n) is 5.92. The Morgan fingerprint density at radius 1 is 1.55 bits per heavy atom. The van der Waals surface area contributed by atoms with Crippen LogP contribution in [0.4, 0.5) is 15.8 Å². The van der Waals surface area contributed by atoms with Crippen molar-refractivity contribution in [2.45, 2.75) is 13.3 Å². The molecule has 20 heavy (non-hydrogen) atoms. The second-order valence-electron chi connectivity index (χ2n) is 4.41. The first kappa shape index (κ1) is 15.8. The second-order valence-corrected chi connectivity index (χ2v) is 4.41. The Hall–Kier alpha value is -2.22. The number of aliphatic hydroxyl groups is 1. The molecule has 110 valence electrons. The lowest BCUT2D eigenvalue weighted by Gasteiger charge is -2.13. The number of rotatable bonds is 7. The van der Waals surface area contributed by atoms with Gasteiger partial charge in [-0.3, -0.25) is 10.1 Å². The highest BCUT2D eigenvalue weighted by Crippen LogP contribution is 2.26. The molecule has 0 aliphatic rings. The topological polar surface area (TPSA) is 113 Å². The Morgan fingerprint density at radius 3 is 2.70 bits per heavy atom. The minimum absolute atomic E-state index is 0.00797. The number of nitro groups is 1. The molecule has 0 saturated heterocycles. The number of carboxylic acids is 1. The predicted molar refractivity (Wildman–Crippen MR) is 69.4 cm³/mol. The number of carboxylic acid groups (broad SMARTS) is 1. The monoisotopic (exact) mass is 286 g/mol. The summed E-state index contributed by atoms with van der Waals surface area (Å²) in [4.78, 5) is 20.7. The molecule has 7 nitrogen and oxygen atoms in total. The van der Waals surface area contributed by atoms with E-state index in [9.17, 15) is 19.3 Å². The van der Waals surface area contributed by atoms with Crippen LogP contribution in [-0.4, -0.2) is 34.3 Å². The zero-order chi connectivity index (χ0) is 15.3. The van der Waals surface area contributed by atoms with Crippen molar-refractivity contribution < 1.29 is 24.3 Å². The molecule has 0 saturated carbocycles. The maximum absolute atomic E-state index is 13.7. The summed E-state index contributed by atoms with van der Waals surface area (Å²) < 4.78 is 13.7. The lowest BCUT2D eigenvalue weighted by atomic mass is 10.1. The van der Waals surface area contributed by atoms with Crippen molar-refractivity contribution in [1.82, 2.24) is 0 Å². The van der Waals surface area contributed by atoms with Crippen molar-refractivity contribution in [1.29, 1.82) is 0 Å². The van der Waals surface area contributed by atoms with Crippen molar-refractivity contribution >= 4 is 17.3 Å². The molecular formula is C12H15FN2O5. The summed E-state index contributed by atoms with van der Waals surface area (Å²) in [5.41, 5.74) is -1.48. The van der Waals surface area contributed by atoms with Gasteiger partial charge in [0, 0.05) is 13.2 Å². The van der Waals surface area contributed by atoms with Crippen LogP contribution >= 0.6 is 0 Å². The van der Waals surface area contributed by atoms with Gasteiger partial charge in [-0.15, -0.1) is 0 Å². The van der Waals surface area contributed by atoms with Crippen LogP contribution < -0.4 is 5.32 Å². The molecule has 0 heterocycles. The third-order valence-electron chi connectivity index (χ3n) is 2.78. The quantitative estimate of drug-likeness (QED) is 0.521. The van der Waals surface area contributed by atoms with Crippen LogP contribution in [0.15, 0.2) is 12.1 Å². The van der Waals surface area contributed by atoms with E-state index >= 15 is 0 Å². The van der Waals surface area contributed by atoms with Gasteiger partial charge < -0.3 is 15.5 Å². The Bertz CT molecular complexity index is 521. The van der Waals surface area contributed by atoms with Crippen LogP contribution in [0.5, 0.6) is 0 Å². The number of nitrogens with zero attached hydrogens (tertiary/aromatic N) is 1. The van der Waals surface area contributed by atoms with Crippen molar-refractivity contribution in [3.63, 3.8) is 0 Å². The third kappa shape index (κ3) is 3.89. The molecule has 0 bridgehead atoms. The fraction of sp³-hybridized carbons (Fsp3) is 0.417. The fourth-order valence-corrected chi connectivity index (χ4v) is 1.63. The first-order chi connectivity index (χ1) is 9.36. The van der Waals surface area contributed by atoms with Gasteiger partial charge in [0.1, 0.15) is 5.56 Å². The number of anilines is 1. The zero-order valence-corrected chi connectivity index (χ0v) is 10.8. The highest BCUT2D eigenvalue weighted by molar-refractivity contribution is 5.93. The molecule has 0 aliphatic carbocycles. The summed E-state index contributed by atoms with van der Waals surface area (Å²) >= 11 is 0. The zero-order valence-electron chi connectivity index (χ0n) is 10.8. The molecule has 1 aromatic rings. The van der Waals surface area contributed by atoms with Crippen LogP contribution in [-0.2, 0) is 0 Å². The molecule has 0 aromatic heterocycles. The summed E-state index contributed by atoms with van der Waals surface area (Å²) in [6, 6.07) is 1.49. The Labute approximate surface area is 114 Å². The Kier molecular flexibility index (Phi) is 5.39. The van der Waals surface area contributed by atoms with Crippen LogP contribution in [0.3, 0.4) is 0 Å². The van der Waals surface area contributed by atoms with Gasteiger partial charge in [0.05, 0.1) is 16.7 Å². The summed E-state index contributed by atoms with van der Waals surface area (Å²) in [6.45, 7) is 2.13. The van der Waals surface area contributed by atoms with E-state index in [4.69, 9.17) is 10.2 Å². The van der Waals surface area contributed by atoms with Gasteiger partial charge >= 0.3 is 5.97 Å². The maximum atomic E-state index is 13.7. The molecule has 0 radical (unpaired) electrons. The molecular weight excluding hydrogens is 271 g/mol. The average Bonchev–Trinajstić information content (AvgIpc) is 2.36. The van der Waals surface area contributed by atoms with Crippen molar-refractivity contribution in [2.24, 2.45) is 5.92 Å². The molecule has 0 spiro atoms. The summed E-state index contributed by atoms with van der Waals surface area (Å²) in [5, 5.41) is 31.0. The largest absolute Gasteiger partial charge is 0.477 e. The van der Waals surface area contributed by atoms with Crippen molar-refractivity contribution in [2.75, 3.05) is 18.5 Å². The molecule has 1 unspecified atom stereocenters. The van der Waals surface area contributed by atoms with E-state index in [2.05, 4.69) is 5.32 Å². The van der Waals surface area contributed by atoms with Crippen LogP contribution in [0.1, 0.15) is 23.7 Å². The van der Waals surface area contributed by atoms with Crippen LogP contribution in [0, 0.1) is 21.8 Å². The van der Waals surface area contributed by atoms with E-state index in [0.29, 0.717) is 19.0 Å². The standard InChI is InChI=1S/C12H15FN2O5/c1-7(2-3-16)6-14-10-4-8(12(17)18)11(15(19)20)5-9(10)13/h4-5,7,14,16H,2-3,6H2,1H3,(H,17,18). The Morgan fingerprint density at radius 2 is 2.20 bits per heavy atom. The van der Waals surface area contributed by atoms with Gasteiger partial charge in [0.25, 0.3) is 5.69 Å². The minimum atomic E-state index is -1.50. The smallest absolute Gasteiger partial charge is 0.342 e. The van der Waals surface area contributed by atoms with Gasteiger partial charge in [-0.1, -0.05) is 6.92 Å². The SMILES string of the molecule is CC(CCO)CNc1cc(C(=O)O)c([N+](=O)[O-])cc1F. The molecule has 0 aliphatic heterocycles. The number of hydrogen-bond acceptors (Lipinski definition) is 5. The lowest BCUT2D eigenvalue weighted by molar-refractivity contribution is -0.385. The number of halogens is 1. The number of carbonyl (C=O) groups is 1. The van der Waals surface area contributed by atoms with E-state index < -0.39 is 28.0 Å². The normalized spacial score (nSPS) is 11.9. The van der Waals surface area contributed by atoms with Gasteiger partial charge in [0.15, 0.2) is 5.82 Å². The number of nitro benzene ring substituents is 1. The molecule has 1 aromatic carbocycles. The molecule has 8 heteroatoms. The highest BCUT2D eigenvalue weighted by Gasteiger charge is 2.23. The summed E-state index contributed by atoms with van der Waals surface area (Å²) in [5.74, 6) is -2.34. The molecule has 0 fully saturated rings. The van der Waals surface area contributed by atoms with E-state index in [0.717, 1.165) is 6.07 Å². The van der Waals surface area contributed by atoms with Gasteiger partial charge in [0.2, 0.25) is 0 Å². The molecule has 1 rings (SSSR count).